The number of benzene rings is 2. The second-order valence-electron chi connectivity index (χ2n) is 5.74. The number of sulfonamides is 1. The summed E-state index contributed by atoms with van der Waals surface area (Å²) in [7, 11) is -3.87. The SMILES string of the molecule is NS(=O)(=O)c1ccc2c(c1)/C(=C/c1c[nH]c3ccc(O)cc13)C(=O)N2. The van der Waals surface area contributed by atoms with Gasteiger partial charge in [-0.1, -0.05) is 0 Å². The minimum absolute atomic E-state index is 0.0646. The highest BCUT2D eigenvalue weighted by Crippen LogP contribution is 2.36. The Morgan fingerprint density at radius 1 is 1.12 bits per heavy atom. The summed E-state index contributed by atoms with van der Waals surface area (Å²) in [4.78, 5) is 15.3. The summed E-state index contributed by atoms with van der Waals surface area (Å²) in [6.07, 6.45) is 3.36. The van der Waals surface area contributed by atoms with Crippen molar-refractivity contribution >= 4 is 44.2 Å². The minimum atomic E-state index is -3.87. The molecule has 0 saturated heterocycles. The molecular weight excluding hydrogens is 342 g/mol. The van der Waals surface area contributed by atoms with Crippen molar-refractivity contribution in [2.24, 2.45) is 5.14 Å². The molecule has 1 aliphatic rings. The van der Waals surface area contributed by atoms with E-state index in [9.17, 15) is 18.3 Å². The molecule has 1 aliphatic heterocycles. The molecule has 0 unspecified atom stereocenters. The van der Waals surface area contributed by atoms with Crippen LogP contribution in [-0.4, -0.2) is 24.4 Å². The third-order valence-electron chi connectivity index (χ3n) is 4.10. The number of amides is 1. The van der Waals surface area contributed by atoms with Crippen molar-refractivity contribution in [2.75, 3.05) is 5.32 Å². The fourth-order valence-corrected chi connectivity index (χ4v) is 3.43. The van der Waals surface area contributed by atoms with Gasteiger partial charge in [0.15, 0.2) is 0 Å². The number of aromatic amines is 1. The highest BCUT2D eigenvalue weighted by molar-refractivity contribution is 7.89. The lowest BCUT2D eigenvalue weighted by Crippen LogP contribution is -2.12. The lowest BCUT2D eigenvalue weighted by molar-refractivity contribution is -0.110. The van der Waals surface area contributed by atoms with Gasteiger partial charge in [-0.3, -0.25) is 4.79 Å². The van der Waals surface area contributed by atoms with Crippen LogP contribution in [0.3, 0.4) is 0 Å². The molecule has 0 atom stereocenters. The predicted octanol–water partition coefficient (Wildman–Crippen LogP) is 2.01. The molecule has 25 heavy (non-hydrogen) atoms. The summed E-state index contributed by atoms with van der Waals surface area (Å²) < 4.78 is 23.1. The number of H-pyrrole nitrogens is 1. The highest BCUT2D eigenvalue weighted by atomic mass is 32.2. The molecule has 1 amide bonds. The standard InChI is InChI=1S/C17H13N3O4S/c18-25(23,24)11-2-4-16-13(7-11)14(17(22)20-16)5-9-8-19-15-3-1-10(21)6-12(9)15/h1-8,19,21H,(H,20,22)(H2,18,23,24)/b14-5-. The largest absolute Gasteiger partial charge is 0.508 e. The Labute approximate surface area is 142 Å². The monoisotopic (exact) mass is 355 g/mol. The van der Waals surface area contributed by atoms with Crippen LogP contribution < -0.4 is 10.5 Å². The lowest BCUT2D eigenvalue weighted by atomic mass is 10.0. The molecule has 3 aromatic rings. The molecule has 2 heterocycles. The lowest BCUT2D eigenvalue weighted by Gasteiger charge is -2.02. The number of carbonyl (C=O) groups excluding carboxylic acids is 1. The van der Waals surface area contributed by atoms with Crippen molar-refractivity contribution in [1.29, 1.82) is 0 Å². The fourth-order valence-electron chi connectivity index (χ4n) is 2.89. The molecule has 2 aromatic carbocycles. The Balaban J connectivity index is 1.90. The third-order valence-corrected chi connectivity index (χ3v) is 5.01. The van der Waals surface area contributed by atoms with Gasteiger partial charge in [-0.05, 0) is 42.5 Å². The molecule has 0 aliphatic carbocycles. The zero-order valence-electron chi connectivity index (χ0n) is 12.8. The van der Waals surface area contributed by atoms with Gasteiger partial charge in [-0.25, -0.2) is 13.6 Å². The Morgan fingerprint density at radius 3 is 2.68 bits per heavy atom. The quantitative estimate of drug-likeness (QED) is 0.525. The predicted molar refractivity (Wildman–Crippen MR) is 94.3 cm³/mol. The van der Waals surface area contributed by atoms with E-state index in [0.29, 0.717) is 22.4 Å². The smallest absolute Gasteiger partial charge is 0.256 e. The van der Waals surface area contributed by atoms with Crippen molar-refractivity contribution in [3.63, 3.8) is 0 Å². The van der Waals surface area contributed by atoms with Crippen molar-refractivity contribution in [3.8, 4) is 5.75 Å². The molecular formula is C17H13N3O4S. The molecule has 0 spiro atoms. The maximum Gasteiger partial charge on any atom is 0.256 e. The summed E-state index contributed by atoms with van der Waals surface area (Å²) in [5.74, 6) is -0.226. The number of aromatic nitrogens is 1. The normalized spacial score (nSPS) is 15.6. The van der Waals surface area contributed by atoms with E-state index in [-0.39, 0.29) is 16.6 Å². The first kappa shape index (κ1) is 15.4. The van der Waals surface area contributed by atoms with Crippen molar-refractivity contribution in [2.45, 2.75) is 4.90 Å². The number of hydrogen-bond donors (Lipinski definition) is 4. The zero-order chi connectivity index (χ0) is 17.8. The van der Waals surface area contributed by atoms with Crippen LogP contribution in [0.2, 0.25) is 0 Å². The van der Waals surface area contributed by atoms with Crippen molar-refractivity contribution in [1.82, 2.24) is 4.98 Å². The Kier molecular flexibility index (Phi) is 3.21. The van der Waals surface area contributed by atoms with Gasteiger partial charge in [0.25, 0.3) is 5.91 Å². The van der Waals surface area contributed by atoms with Crippen LogP contribution in [-0.2, 0) is 14.8 Å². The van der Waals surface area contributed by atoms with Crippen LogP contribution in [0.5, 0.6) is 5.75 Å². The highest BCUT2D eigenvalue weighted by Gasteiger charge is 2.26. The third kappa shape index (κ3) is 2.57. The number of rotatable bonds is 2. The number of fused-ring (bicyclic) bond motifs is 2. The van der Waals surface area contributed by atoms with Crippen molar-refractivity contribution < 1.29 is 18.3 Å². The summed E-state index contributed by atoms with van der Waals surface area (Å²) in [6.45, 7) is 0. The van der Waals surface area contributed by atoms with Crippen LogP contribution >= 0.6 is 0 Å². The van der Waals surface area contributed by atoms with E-state index in [1.165, 1.54) is 18.2 Å². The summed E-state index contributed by atoms with van der Waals surface area (Å²) >= 11 is 0. The van der Waals surface area contributed by atoms with Gasteiger partial charge >= 0.3 is 0 Å². The average molecular weight is 355 g/mol. The van der Waals surface area contributed by atoms with Gasteiger partial charge in [0.1, 0.15) is 5.75 Å². The first-order chi connectivity index (χ1) is 11.8. The number of aromatic hydroxyl groups is 1. The Morgan fingerprint density at radius 2 is 1.92 bits per heavy atom. The summed E-state index contributed by atoms with van der Waals surface area (Å²) in [6, 6.07) is 9.11. The Hall–Kier alpha value is -3.10. The second kappa shape index (κ2) is 5.20. The number of phenolic OH excluding ortho intramolecular Hbond substituents is 1. The maximum absolute atomic E-state index is 12.3. The molecule has 0 radical (unpaired) electrons. The van der Waals surface area contributed by atoms with Gasteiger partial charge in [-0.2, -0.15) is 0 Å². The van der Waals surface area contributed by atoms with Crippen LogP contribution in [0, 0.1) is 0 Å². The van der Waals surface area contributed by atoms with Crippen LogP contribution in [0.1, 0.15) is 11.1 Å². The minimum Gasteiger partial charge on any atom is -0.508 e. The van der Waals surface area contributed by atoms with Crippen LogP contribution in [0.15, 0.2) is 47.5 Å². The molecule has 4 rings (SSSR count). The number of nitrogens with one attached hydrogen (secondary N) is 2. The first-order valence-corrected chi connectivity index (χ1v) is 8.88. The topological polar surface area (TPSA) is 125 Å². The number of anilines is 1. The van der Waals surface area contributed by atoms with E-state index >= 15 is 0 Å². The molecule has 0 fully saturated rings. The number of nitrogens with two attached hydrogens (primary N) is 1. The number of phenols is 1. The van der Waals surface area contributed by atoms with Crippen LogP contribution in [0.25, 0.3) is 22.6 Å². The maximum atomic E-state index is 12.3. The number of carbonyl (C=O) groups is 1. The number of primary sulfonamides is 1. The van der Waals surface area contributed by atoms with Gasteiger partial charge in [0.05, 0.1) is 4.90 Å². The van der Waals surface area contributed by atoms with E-state index in [4.69, 9.17) is 5.14 Å². The number of hydrogen-bond acceptors (Lipinski definition) is 4. The molecule has 1 aromatic heterocycles. The van der Waals surface area contributed by atoms with E-state index in [2.05, 4.69) is 10.3 Å². The molecule has 8 heteroatoms. The van der Waals surface area contributed by atoms with E-state index in [1.54, 1.807) is 30.5 Å². The summed E-state index contributed by atoms with van der Waals surface area (Å²) in [5, 5.41) is 18.3. The van der Waals surface area contributed by atoms with Gasteiger partial charge in [0.2, 0.25) is 10.0 Å². The Bertz CT molecular complexity index is 1180. The summed E-state index contributed by atoms with van der Waals surface area (Å²) in [5.41, 5.74) is 2.81. The van der Waals surface area contributed by atoms with Gasteiger partial charge < -0.3 is 15.4 Å². The molecule has 126 valence electrons. The van der Waals surface area contributed by atoms with E-state index in [1.807, 2.05) is 0 Å². The molecule has 7 nitrogen and oxygen atoms in total. The van der Waals surface area contributed by atoms with Crippen molar-refractivity contribution in [3.05, 3.63) is 53.7 Å². The second-order valence-corrected chi connectivity index (χ2v) is 7.30. The molecule has 0 bridgehead atoms. The van der Waals surface area contributed by atoms with Gasteiger partial charge in [-0.15, -0.1) is 0 Å². The van der Waals surface area contributed by atoms with Gasteiger partial charge in [0, 0.05) is 39.5 Å². The molecule has 5 N–H and O–H groups in total. The van der Waals surface area contributed by atoms with Crippen LogP contribution in [0.4, 0.5) is 5.69 Å². The molecule has 0 saturated carbocycles. The zero-order valence-corrected chi connectivity index (χ0v) is 13.6. The average Bonchev–Trinajstić information content (AvgIpc) is 3.08. The fraction of sp³-hybridized carbons (Fsp3) is 0. The van der Waals surface area contributed by atoms with E-state index < -0.39 is 10.0 Å². The first-order valence-electron chi connectivity index (χ1n) is 7.33. The van der Waals surface area contributed by atoms with E-state index in [0.717, 1.165) is 10.9 Å².